The number of nitrogens with zero attached hydrogens (tertiary/aromatic N) is 8. The van der Waals surface area contributed by atoms with Gasteiger partial charge in [-0.3, -0.25) is 13.7 Å². The number of nitrogens with one attached hydrogen (secondary N) is 2. The first-order valence-electron chi connectivity index (χ1n) is 14.3. The lowest BCUT2D eigenvalue weighted by atomic mass is 10.1. The molecule has 2 saturated heterocycles. The summed E-state index contributed by atoms with van der Waals surface area (Å²) in [4.78, 5) is 44.0. The highest BCUT2D eigenvalue weighted by atomic mass is 32.4. The van der Waals surface area contributed by atoms with Gasteiger partial charge in [0, 0.05) is 13.1 Å². The molecule has 10 atom stereocenters. The number of aliphatic hydroxyl groups excluding tert-OH is 2. The Kier molecular flexibility index (Phi) is 11.0. The number of imidazole rings is 2. The van der Waals surface area contributed by atoms with Crippen LogP contribution in [0.3, 0.4) is 0 Å². The monoisotopic (exact) mass is 734 g/mol. The Labute approximate surface area is 275 Å². The normalized spacial score (nSPS) is 28.9. The number of aliphatic hydroxyl groups is 2. The maximum Gasteiger partial charge on any atom is 0.317 e. The predicted molar refractivity (Wildman–Crippen MR) is 167 cm³/mol. The number of aromatic nitrogens is 8. The van der Waals surface area contributed by atoms with Crippen molar-refractivity contribution < 1.29 is 51.9 Å². The molecule has 6 rings (SSSR count). The molecule has 2 aliphatic rings. The number of halogens is 2. The van der Waals surface area contributed by atoms with Gasteiger partial charge < -0.3 is 49.2 Å². The standard InChI is InChI=1S/C24H30F2N10O9P2S/c25-13-17(44-46(39)40)11(5-37)42-23(13)35-9-33-15-19(29-7-31-21(15)35)27-3-1-2-4-28-20-16-22(32-8-30-20)36(10-34-16)24-14(26)18(45-47(41)48)12(6-38)43-24/h1-2,7-14,17-18,23-24,37-38,46-47H,3-6H2,(H,39,40)(H,41,48)(H,27,29,31)(H,28,30,32)/b2-1+/t11?,12?,13-,14-,17-,18-,23-,24-/m1/s1. The van der Waals surface area contributed by atoms with E-state index in [0.29, 0.717) is 35.8 Å². The summed E-state index contributed by atoms with van der Waals surface area (Å²) in [5.74, 6) is 0.716. The van der Waals surface area contributed by atoms with E-state index in [-0.39, 0.29) is 11.3 Å². The van der Waals surface area contributed by atoms with Gasteiger partial charge in [0.05, 0.1) is 25.9 Å². The Hall–Kier alpha value is -3.14. The quantitative estimate of drug-likeness (QED) is 0.0746. The van der Waals surface area contributed by atoms with E-state index in [4.69, 9.17) is 23.4 Å². The number of ether oxygens (including phenoxy) is 2. The van der Waals surface area contributed by atoms with Crippen LogP contribution in [-0.2, 0) is 34.9 Å². The number of anilines is 2. The molecule has 0 aliphatic carbocycles. The van der Waals surface area contributed by atoms with Crippen LogP contribution in [0.4, 0.5) is 20.4 Å². The molecule has 4 aromatic rings. The zero-order valence-corrected chi connectivity index (χ0v) is 27.3. The van der Waals surface area contributed by atoms with Gasteiger partial charge in [0.2, 0.25) is 0 Å². The number of fused-ring (bicyclic) bond motifs is 2. The van der Waals surface area contributed by atoms with E-state index in [2.05, 4.69) is 52.3 Å². The molecule has 6 heterocycles. The molecule has 4 aromatic heterocycles. The van der Waals surface area contributed by atoms with Gasteiger partial charge in [0.1, 0.15) is 37.1 Å². The van der Waals surface area contributed by atoms with Crippen LogP contribution in [0.5, 0.6) is 0 Å². The molecule has 2 aliphatic heterocycles. The van der Waals surface area contributed by atoms with E-state index >= 15 is 8.78 Å². The molecule has 24 heteroatoms. The highest BCUT2D eigenvalue weighted by Gasteiger charge is 2.49. The third-order valence-corrected chi connectivity index (χ3v) is 8.81. The smallest absolute Gasteiger partial charge is 0.317 e. The number of hydrogen-bond donors (Lipinski definition) is 6. The zero-order chi connectivity index (χ0) is 33.9. The summed E-state index contributed by atoms with van der Waals surface area (Å²) < 4.78 is 65.3. The molecule has 0 spiro atoms. The first kappa shape index (κ1) is 34.7. The fourth-order valence-electron chi connectivity index (χ4n) is 5.46. The van der Waals surface area contributed by atoms with Crippen LogP contribution in [0.2, 0.25) is 0 Å². The summed E-state index contributed by atoms with van der Waals surface area (Å²) in [6, 6.07) is 0. The van der Waals surface area contributed by atoms with Crippen LogP contribution in [0.1, 0.15) is 12.5 Å². The molecule has 0 radical (unpaired) electrons. The summed E-state index contributed by atoms with van der Waals surface area (Å²) in [5.41, 5.74) is 1.15. The van der Waals surface area contributed by atoms with E-state index < -0.39 is 77.8 Å². The molecule has 19 nitrogen and oxygen atoms in total. The van der Waals surface area contributed by atoms with Gasteiger partial charge in [-0.15, -0.1) is 0 Å². The number of alkyl halides is 2. The van der Waals surface area contributed by atoms with Crippen LogP contribution in [-0.4, -0.2) is 122 Å². The van der Waals surface area contributed by atoms with Crippen molar-refractivity contribution in [3.05, 3.63) is 37.5 Å². The topological polar surface area (TPSA) is 246 Å². The van der Waals surface area contributed by atoms with Crippen LogP contribution in [0.25, 0.3) is 22.3 Å². The molecule has 2 fully saturated rings. The molecule has 0 saturated carbocycles. The maximum absolute atomic E-state index is 15.3. The highest BCUT2D eigenvalue weighted by molar-refractivity contribution is 8.00. The van der Waals surface area contributed by atoms with Crippen molar-refractivity contribution in [3.8, 4) is 0 Å². The molecule has 0 bridgehead atoms. The molecule has 260 valence electrons. The van der Waals surface area contributed by atoms with Crippen LogP contribution in [0.15, 0.2) is 37.5 Å². The molecule has 6 N–H and O–H groups in total. The Bertz CT molecular complexity index is 1700. The average molecular weight is 735 g/mol. The van der Waals surface area contributed by atoms with Crippen LogP contribution < -0.4 is 10.6 Å². The van der Waals surface area contributed by atoms with Crippen molar-refractivity contribution in [2.75, 3.05) is 36.9 Å². The summed E-state index contributed by atoms with van der Waals surface area (Å²) in [5, 5.41) is 25.4. The Morgan fingerprint density at radius 1 is 0.812 bits per heavy atom. The molecule has 0 aromatic carbocycles. The molecular weight excluding hydrogens is 704 g/mol. The minimum absolute atomic E-state index is 0.225. The second-order valence-electron chi connectivity index (χ2n) is 10.4. The van der Waals surface area contributed by atoms with Crippen molar-refractivity contribution in [3.63, 3.8) is 0 Å². The molecular formula is C24H30F2N10O9P2S. The second-order valence-corrected chi connectivity index (χ2v) is 13.0. The Morgan fingerprint density at radius 3 is 1.69 bits per heavy atom. The second kappa shape index (κ2) is 15.2. The highest BCUT2D eigenvalue weighted by Crippen LogP contribution is 2.40. The van der Waals surface area contributed by atoms with Gasteiger partial charge in [-0.05, 0) is 11.8 Å². The lowest BCUT2D eigenvalue weighted by molar-refractivity contribution is -0.0436. The molecule has 0 amide bonds. The van der Waals surface area contributed by atoms with E-state index in [1.54, 1.807) is 12.2 Å². The first-order valence-corrected chi connectivity index (χ1v) is 18.0. The predicted octanol–water partition coefficient (Wildman–Crippen LogP) is 0.153. The Morgan fingerprint density at radius 2 is 1.27 bits per heavy atom. The maximum atomic E-state index is 15.3. The zero-order valence-electron chi connectivity index (χ0n) is 24.5. The van der Waals surface area contributed by atoms with E-state index in [1.165, 1.54) is 34.4 Å². The van der Waals surface area contributed by atoms with Gasteiger partial charge in [0.15, 0.2) is 65.9 Å². The van der Waals surface area contributed by atoms with Crippen LogP contribution in [0, 0.1) is 0 Å². The van der Waals surface area contributed by atoms with Gasteiger partial charge in [-0.1, -0.05) is 12.2 Å². The first-order chi connectivity index (χ1) is 23.2. The largest absolute Gasteiger partial charge is 0.394 e. The lowest BCUT2D eigenvalue weighted by Crippen LogP contribution is -2.32. The van der Waals surface area contributed by atoms with Gasteiger partial charge in [-0.25, -0.2) is 38.7 Å². The number of hydrogen-bond acceptors (Lipinski definition) is 16. The summed E-state index contributed by atoms with van der Waals surface area (Å²) >= 11 is 4.68. The third-order valence-electron chi connectivity index (χ3n) is 7.57. The van der Waals surface area contributed by atoms with Crippen molar-refractivity contribution in [1.29, 1.82) is 0 Å². The van der Waals surface area contributed by atoms with Gasteiger partial charge in [0.25, 0.3) is 0 Å². The fourth-order valence-corrected chi connectivity index (χ4v) is 6.82. The van der Waals surface area contributed by atoms with Crippen LogP contribution >= 0.6 is 15.4 Å². The summed E-state index contributed by atoms with van der Waals surface area (Å²) in [7, 11) is -6.14. The lowest BCUT2D eigenvalue weighted by Gasteiger charge is -2.17. The average Bonchev–Trinajstić information content (AvgIpc) is 3.83. The Balaban J connectivity index is 1.07. The van der Waals surface area contributed by atoms with E-state index in [9.17, 15) is 19.7 Å². The minimum Gasteiger partial charge on any atom is -0.394 e. The summed E-state index contributed by atoms with van der Waals surface area (Å²) in [6.07, 6.45) is -2.35. The summed E-state index contributed by atoms with van der Waals surface area (Å²) in [6.45, 7) is -0.546. The van der Waals surface area contributed by atoms with Crippen molar-refractivity contribution >= 4 is 61.2 Å². The molecule has 48 heavy (non-hydrogen) atoms. The SMILES string of the molecule is O=[PH](O)O[C@@H]1C(CO)O[C@@H](n2cnc3c(NC/C=C/CNc4ncnc5c4ncn5[C@@H]4OC(CO)[C@@H](O[PH](O)=S)[C@H]4F)ncnc32)[C@@H]1F. The van der Waals surface area contributed by atoms with Gasteiger partial charge in [-0.2, -0.15) is 0 Å². The molecule has 4 unspecified atom stereocenters. The van der Waals surface area contributed by atoms with Crippen molar-refractivity contribution in [2.45, 2.75) is 49.2 Å². The van der Waals surface area contributed by atoms with E-state index in [1.807, 2.05) is 0 Å². The van der Waals surface area contributed by atoms with Crippen molar-refractivity contribution in [2.24, 2.45) is 0 Å². The minimum atomic E-state index is -3.49. The van der Waals surface area contributed by atoms with Gasteiger partial charge >= 0.3 is 8.25 Å². The van der Waals surface area contributed by atoms with Crippen molar-refractivity contribution in [1.82, 2.24) is 39.0 Å². The fraction of sp³-hybridized carbons (Fsp3) is 0.500. The third kappa shape index (κ3) is 6.96. The van der Waals surface area contributed by atoms with E-state index in [0.717, 1.165) is 0 Å². The number of rotatable bonds is 14.